The first kappa shape index (κ1) is 26.9. The van der Waals surface area contributed by atoms with Gasteiger partial charge in [-0.2, -0.15) is 5.10 Å². The molecule has 0 aliphatic carbocycles. The second-order valence-corrected chi connectivity index (χ2v) is 11.4. The summed E-state index contributed by atoms with van der Waals surface area (Å²) in [5.41, 5.74) is 9.78. The molecule has 6 rings (SSSR count). The van der Waals surface area contributed by atoms with E-state index in [1.165, 1.54) is 29.9 Å². The number of ether oxygens (including phenoxy) is 1. The summed E-state index contributed by atoms with van der Waals surface area (Å²) in [4.78, 5) is 32.3. The third kappa shape index (κ3) is 4.62. The largest absolute Gasteiger partial charge is 0.473 e. The van der Waals surface area contributed by atoms with E-state index in [0.717, 1.165) is 16.6 Å². The van der Waals surface area contributed by atoms with Crippen molar-refractivity contribution in [3.05, 3.63) is 75.8 Å². The predicted octanol–water partition coefficient (Wildman–Crippen LogP) is 4.55. The van der Waals surface area contributed by atoms with Crippen molar-refractivity contribution in [2.45, 2.75) is 39.8 Å². The molecule has 10 nitrogen and oxygen atoms in total. The van der Waals surface area contributed by atoms with Gasteiger partial charge in [0.15, 0.2) is 16.4 Å². The number of nitrogen functional groups attached to an aromatic ring is 1. The highest BCUT2D eigenvalue weighted by Gasteiger charge is 2.27. The van der Waals surface area contributed by atoms with Crippen LogP contribution in [0, 0.1) is 12.7 Å². The van der Waals surface area contributed by atoms with Gasteiger partial charge in [-0.3, -0.25) is 9.20 Å². The van der Waals surface area contributed by atoms with Gasteiger partial charge >= 0.3 is 0 Å². The number of thiazole rings is 1. The molecule has 0 bridgehead atoms. The van der Waals surface area contributed by atoms with Crippen LogP contribution in [0.25, 0.3) is 38.4 Å². The predicted molar refractivity (Wildman–Crippen MR) is 161 cm³/mol. The van der Waals surface area contributed by atoms with Gasteiger partial charge in [0.2, 0.25) is 0 Å². The van der Waals surface area contributed by atoms with Crippen LogP contribution in [-0.2, 0) is 0 Å². The van der Waals surface area contributed by atoms with Crippen LogP contribution in [0.15, 0.2) is 53.0 Å². The van der Waals surface area contributed by atoms with Crippen molar-refractivity contribution in [1.82, 2.24) is 34.1 Å². The van der Waals surface area contributed by atoms with E-state index in [0.29, 0.717) is 38.5 Å². The van der Waals surface area contributed by atoms with E-state index in [4.69, 9.17) is 20.6 Å². The van der Waals surface area contributed by atoms with Gasteiger partial charge in [0.1, 0.15) is 17.8 Å². The third-order valence-corrected chi connectivity index (χ3v) is 7.96. The van der Waals surface area contributed by atoms with Crippen molar-refractivity contribution in [2.24, 2.45) is 0 Å². The Bertz CT molecular complexity index is 2020. The molecule has 0 aliphatic heterocycles. The molecule has 5 heterocycles. The summed E-state index contributed by atoms with van der Waals surface area (Å²) in [5.74, 6) is -0.551. The van der Waals surface area contributed by atoms with Crippen molar-refractivity contribution in [3.8, 4) is 28.3 Å². The molecular weight excluding hydrogens is 562 g/mol. The van der Waals surface area contributed by atoms with Gasteiger partial charge in [0.05, 0.1) is 28.8 Å². The minimum atomic E-state index is -0.629. The first-order chi connectivity index (χ1) is 19.6. The highest BCUT2D eigenvalue weighted by Crippen LogP contribution is 2.35. The number of benzene rings is 1. The van der Waals surface area contributed by atoms with Gasteiger partial charge in [-0.25, -0.2) is 29.0 Å². The van der Waals surface area contributed by atoms with E-state index >= 15 is 0 Å². The Morgan fingerprint density at radius 3 is 2.66 bits per heavy atom. The Labute approximate surface area is 240 Å². The summed E-state index contributed by atoms with van der Waals surface area (Å²) in [6.45, 7) is 7.35. The van der Waals surface area contributed by atoms with Gasteiger partial charge in [-0.15, -0.1) is 20.6 Å². The first-order valence-corrected chi connectivity index (χ1v) is 14.3. The molecule has 41 heavy (non-hydrogen) atoms. The van der Waals surface area contributed by atoms with Crippen molar-refractivity contribution in [3.63, 3.8) is 0 Å². The number of hydrogen-bond donors (Lipinski definition) is 1. The third-order valence-electron chi connectivity index (χ3n) is 6.65. The maximum atomic E-state index is 15.0. The van der Waals surface area contributed by atoms with E-state index in [1.807, 2.05) is 43.5 Å². The van der Waals surface area contributed by atoms with E-state index in [2.05, 4.69) is 24.2 Å². The van der Waals surface area contributed by atoms with Gasteiger partial charge in [0.25, 0.3) is 11.4 Å². The molecule has 1 unspecified atom stereocenters. The minimum Gasteiger partial charge on any atom is -0.473 e. The molecule has 0 saturated carbocycles. The Morgan fingerprint density at radius 2 is 1.93 bits per heavy atom. The fourth-order valence-electron chi connectivity index (χ4n) is 4.81. The fourth-order valence-corrected chi connectivity index (χ4v) is 5.97. The number of aromatic nitrogens is 7. The number of fused-ring (bicyclic) bond motifs is 2. The van der Waals surface area contributed by atoms with Gasteiger partial charge in [-0.05, 0) is 50.7 Å². The van der Waals surface area contributed by atoms with Crippen molar-refractivity contribution in [1.29, 1.82) is 0 Å². The number of aryl methyl sites for hydroxylation is 1. The normalized spacial score (nSPS) is 12.5. The van der Waals surface area contributed by atoms with Crippen LogP contribution < -0.4 is 21.3 Å². The second-order valence-electron chi connectivity index (χ2n) is 9.90. The number of hydrogen-bond acceptors (Lipinski definition) is 9. The fraction of sp³-hybridized carbons (Fsp3) is 0.214. The molecule has 0 amide bonds. The van der Waals surface area contributed by atoms with Crippen molar-refractivity contribution < 1.29 is 9.13 Å². The molecule has 6 aromatic rings. The summed E-state index contributed by atoms with van der Waals surface area (Å²) >= 11 is 1.39. The maximum Gasteiger partial charge on any atom is 0.266 e. The molecule has 1 aromatic carbocycles. The van der Waals surface area contributed by atoms with Crippen molar-refractivity contribution in [2.75, 3.05) is 5.73 Å². The summed E-state index contributed by atoms with van der Waals surface area (Å²) in [5, 5.41) is 8.10. The van der Waals surface area contributed by atoms with Crippen LogP contribution in [-0.4, -0.2) is 40.2 Å². The van der Waals surface area contributed by atoms with Crippen LogP contribution in [0.4, 0.5) is 10.2 Å². The molecule has 2 N–H and O–H groups in total. The summed E-state index contributed by atoms with van der Waals surface area (Å²) in [6, 6.07) is 8.38. The minimum absolute atomic E-state index is 0.102. The highest BCUT2D eigenvalue weighted by atomic mass is 32.1. The number of anilines is 1. The van der Waals surface area contributed by atoms with Crippen molar-refractivity contribution >= 4 is 47.7 Å². The Morgan fingerprint density at radius 1 is 1.12 bits per heavy atom. The summed E-state index contributed by atoms with van der Waals surface area (Å²) in [7, 11) is 2.66. The average molecular weight is 589 g/mol. The zero-order chi connectivity index (χ0) is 29.0. The summed E-state index contributed by atoms with van der Waals surface area (Å²) < 4.78 is 23.7. The highest BCUT2D eigenvalue weighted by molar-refractivity contribution is 7.27. The van der Waals surface area contributed by atoms with Gasteiger partial charge in [0, 0.05) is 22.8 Å². The molecule has 0 saturated heterocycles. The van der Waals surface area contributed by atoms with Crippen LogP contribution in [0.2, 0.25) is 0 Å². The molecule has 2 atom stereocenters. The number of nitrogens with two attached hydrogens (primary N) is 1. The molecule has 208 valence electrons. The number of halogens is 1. The monoisotopic (exact) mass is 588 g/mol. The lowest BCUT2D eigenvalue weighted by molar-refractivity contribution is 0.221. The molecule has 5 aromatic heterocycles. The van der Waals surface area contributed by atoms with Crippen LogP contribution in [0.1, 0.15) is 38.2 Å². The Hall–Kier alpha value is -4.28. The molecule has 0 radical (unpaired) electrons. The van der Waals surface area contributed by atoms with E-state index in [-0.39, 0.29) is 23.4 Å². The van der Waals surface area contributed by atoms with Crippen LogP contribution in [0.3, 0.4) is 0 Å². The molecule has 0 aliphatic rings. The quantitative estimate of drug-likeness (QED) is 0.281. The number of nitrogens with zero attached hydrogens (tertiary/aromatic N) is 7. The Kier molecular flexibility index (Phi) is 6.75. The molecule has 0 fully saturated rings. The molecule has 13 heteroatoms. The van der Waals surface area contributed by atoms with E-state index in [1.54, 1.807) is 22.9 Å². The van der Waals surface area contributed by atoms with Crippen LogP contribution >= 0.6 is 20.6 Å². The van der Waals surface area contributed by atoms with Crippen LogP contribution in [0.5, 0.6) is 5.88 Å². The maximum absolute atomic E-state index is 15.0. The standard InChI is InChI=1S/C28H26FN8O2PS/c1-13(2)39-26-19(29)9-17(10-31-26)23-21-24(30)32-12-33-25(21)37(35-23)15(4)22-20(16-6-5-7-18(40)8-16)27(38)36-14(3)11-41-28(36)34-22/h5-13,15H,40H2,1-4H3,(H2,30,32,33)/t15-/m0/s1. The lowest BCUT2D eigenvalue weighted by Gasteiger charge is -2.17. The summed E-state index contributed by atoms with van der Waals surface area (Å²) in [6.07, 6.45) is 2.58. The smallest absolute Gasteiger partial charge is 0.266 e. The zero-order valence-electron chi connectivity index (χ0n) is 22.7. The molecular formula is C28H26FN8O2PS. The van der Waals surface area contributed by atoms with Gasteiger partial charge in [-0.1, -0.05) is 18.2 Å². The number of pyridine rings is 1. The molecule has 0 spiro atoms. The van der Waals surface area contributed by atoms with E-state index < -0.39 is 11.9 Å². The first-order valence-electron chi connectivity index (χ1n) is 12.8. The second kappa shape index (κ2) is 10.3. The zero-order valence-corrected chi connectivity index (χ0v) is 24.6. The SMILES string of the molecule is Cc1csc2nc([C@H](C)n3nc(-c4cnc(OC(C)C)c(F)c4)c4c(N)ncnc43)c(-c3cccc(P)c3)c(=O)n12. The topological polar surface area (TPSA) is 126 Å². The lowest BCUT2D eigenvalue weighted by atomic mass is 10.0. The lowest BCUT2D eigenvalue weighted by Crippen LogP contribution is -2.23. The van der Waals surface area contributed by atoms with Gasteiger partial charge < -0.3 is 10.5 Å². The number of rotatable bonds is 6. The Balaban J connectivity index is 1.59. The average Bonchev–Trinajstić information content (AvgIpc) is 3.51. The van der Waals surface area contributed by atoms with E-state index in [9.17, 15) is 9.18 Å².